The molecule has 0 aliphatic carbocycles. The molecule has 1 aromatic heterocycles. The van der Waals surface area contributed by atoms with E-state index >= 15 is 0 Å². The van der Waals surface area contributed by atoms with E-state index in [-0.39, 0.29) is 30.4 Å². The number of fused-ring (bicyclic) bond motifs is 1. The normalized spacial score (nSPS) is 21.3. The summed E-state index contributed by atoms with van der Waals surface area (Å²) in [6.45, 7) is 5.92. The van der Waals surface area contributed by atoms with Gasteiger partial charge in [-0.1, -0.05) is 18.2 Å². The summed E-state index contributed by atoms with van der Waals surface area (Å²) in [5.74, 6) is -0.707. The van der Waals surface area contributed by atoms with Crippen molar-refractivity contribution in [1.29, 1.82) is 0 Å². The van der Waals surface area contributed by atoms with Crippen LogP contribution in [0.1, 0.15) is 56.2 Å². The van der Waals surface area contributed by atoms with Crippen LogP contribution in [-0.2, 0) is 20.9 Å². The summed E-state index contributed by atoms with van der Waals surface area (Å²) in [5, 5.41) is 0.809. The summed E-state index contributed by atoms with van der Waals surface area (Å²) in [6, 6.07) is 7.67. The zero-order valence-corrected chi connectivity index (χ0v) is 16.4. The Morgan fingerprint density at radius 2 is 1.89 bits per heavy atom. The molecule has 0 saturated carbocycles. The highest BCUT2D eigenvalue weighted by atomic mass is 16.6. The second kappa shape index (κ2) is 8.13. The number of benzene rings is 1. The zero-order chi connectivity index (χ0) is 19.6. The van der Waals surface area contributed by atoms with Gasteiger partial charge in [0.1, 0.15) is 5.58 Å². The molecule has 3 rings (SSSR count). The van der Waals surface area contributed by atoms with Crippen molar-refractivity contribution >= 4 is 22.8 Å². The second-order valence-electron chi connectivity index (χ2n) is 7.26. The Hall–Kier alpha value is -2.34. The van der Waals surface area contributed by atoms with Gasteiger partial charge < -0.3 is 18.8 Å². The van der Waals surface area contributed by atoms with Crippen molar-refractivity contribution in [3.8, 4) is 0 Å². The van der Waals surface area contributed by atoms with Crippen LogP contribution in [-0.4, -0.2) is 42.1 Å². The van der Waals surface area contributed by atoms with E-state index in [2.05, 4.69) is 0 Å². The molecule has 0 N–H and O–H groups in total. The van der Waals surface area contributed by atoms with Gasteiger partial charge in [0, 0.05) is 30.1 Å². The van der Waals surface area contributed by atoms with E-state index in [4.69, 9.17) is 13.9 Å². The third kappa shape index (κ3) is 3.86. The van der Waals surface area contributed by atoms with Crippen molar-refractivity contribution in [2.45, 2.75) is 64.8 Å². The largest absolute Gasteiger partial charge is 0.449 e. The van der Waals surface area contributed by atoms with Crippen LogP contribution in [0.3, 0.4) is 0 Å². The van der Waals surface area contributed by atoms with Gasteiger partial charge in [-0.25, -0.2) is 4.79 Å². The minimum Gasteiger partial charge on any atom is -0.449 e. The van der Waals surface area contributed by atoms with Crippen LogP contribution in [0.5, 0.6) is 0 Å². The van der Waals surface area contributed by atoms with Crippen LogP contribution < -0.4 is 0 Å². The number of likely N-dealkylation sites (tertiary alicyclic amines) is 1. The number of hydrogen-bond acceptors (Lipinski definition) is 5. The summed E-state index contributed by atoms with van der Waals surface area (Å²) in [4.78, 5) is 27.4. The molecule has 1 amide bonds. The molecule has 1 aliphatic rings. The third-order valence-electron chi connectivity index (χ3n) is 5.25. The van der Waals surface area contributed by atoms with Crippen LogP contribution in [0.15, 0.2) is 28.7 Å². The summed E-state index contributed by atoms with van der Waals surface area (Å²) in [6.07, 6.45) is 2.18. The van der Waals surface area contributed by atoms with Crippen molar-refractivity contribution in [1.82, 2.24) is 4.90 Å². The highest BCUT2D eigenvalue weighted by Gasteiger charge is 2.34. The van der Waals surface area contributed by atoms with Crippen molar-refractivity contribution in [2.24, 2.45) is 0 Å². The first kappa shape index (κ1) is 19.4. The Kier molecular flexibility index (Phi) is 5.85. The predicted molar refractivity (Wildman–Crippen MR) is 101 cm³/mol. The van der Waals surface area contributed by atoms with Crippen LogP contribution in [0.4, 0.5) is 0 Å². The molecule has 6 nitrogen and oxygen atoms in total. The fourth-order valence-corrected chi connectivity index (χ4v) is 3.88. The predicted octanol–water partition coefficient (Wildman–Crippen LogP) is 3.91. The first-order chi connectivity index (χ1) is 12.9. The number of piperidine rings is 1. The molecule has 6 heteroatoms. The number of carbonyl (C=O) groups is 2. The lowest BCUT2D eigenvalue weighted by atomic mass is 9.97. The lowest BCUT2D eigenvalue weighted by Gasteiger charge is -2.40. The van der Waals surface area contributed by atoms with Gasteiger partial charge in [-0.3, -0.25) is 4.79 Å². The number of hydrogen-bond donors (Lipinski definition) is 0. The first-order valence-corrected chi connectivity index (χ1v) is 9.46. The van der Waals surface area contributed by atoms with Crippen LogP contribution >= 0.6 is 0 Å². The number of furan rings is 1. The van der Waals surface area contributed by atoms with Crippen molar-refractivity contribution in [3.05, 3.63) is 35.6 Å². The first-order valence-electron chi connectivity index (χ1n) is 9.46. The number of para-hydroxylation sites is 1. The van der Waals surface area contributed by atoms with E-state index in [1.165, 1.54) is 0 Å². The molecule has 0 bridgehead atoms. The summed E-state index contributed by atoms with van der Waals surface area (Å²) in [7, 11) is 1.56. The molecule has 1 fully saturated rings. The SMILES string of the molecule is COCc1c(C(=O)O[C@H](C)C(=O)N2[C@H](C)CCC[C@@H]2C)oc2ccccc12. The molecule has 2 heterocycles. The maximum Gasteiger partial charge on any atom is 0.375 e. The van der Waals surface area contributed by atoms with Crippen molar-refractivity contribution in [3.63, 3.8) is 0 Å². The topological polar surface area (TPSA) is 69.0 Å². The van der Waals surface area contributed by atoms with E-state index < -0.39 is 12.1 Å². The second-order valence-corrected chi connectivity index (χ2v) is 7.26. The van der Waals surface area contributed by atoms with Crippen LogP contribution in [0.2, 0.25) is 0 Å². The molecular weight excluding hydrogens is 346 g/mol. The highest BCUT2D eigenvalue weighted by molar-refractivity contribution is 5.97. The number of ether oxygens (including phenoxy) is 2. The molecule has 0 unspecified atom stereocenters. The number of methoxy groups -OCH3 is 1. The van der Waals surface area contributed by atoms with E-state index in [1.54, 1.807) is 20.1 Å². The number of amides is 1. The van der Waals surface area contributed by atoms with Gasteiger partial charge in [0.2, 0.25) is 5.76 Å². The minimum absolute atomic E-state index is 0.0949. The molecule has 1 aromatic carbocycles. The molecule has 2 aromatic rings. The Bertz CT molecular complexity index is 817. The molecule has 0 radical (unpaired) electrons. The number of rotatable bonds is 5. The number of carbonyl (C=O) groups excluding carboxylic acids is 2. The van der Waals surface area contributed by atoms with E-state index in [9.17, 15) is 9.59 Å². The molecule has 1 aliphatic heterocycles. The lowest BCUT2D eigenvalue weighted by molar-refractivity contribution is -0.146. The maximum absolute atomic E-state index is 12.9. The molecule has 1 saturated heterocycles. The van der Waals surface area contributed by atoms with Gasteiger partial charge in [-0.15, -0.1) is 0 Å². The number of nitrogens with zero attached hydrogens (tertiary/aromatic N) is 1. The standard InChI is InChI=1S/C21H27NO5/c1-13-8-7-9-14(2)22(13)20(23)15(3)26-21(24)19-17(12-25-4)16-10-5-6-11-18(16)27-19/h5-6,10-11,13-15H,7-9,12H2,1-4H3/t13-,14+,15-/m1/s1. The Labute approximate surface area is 159 Å². The molecular formula is C21H27NO5. The molecule has 0 spiro atoms. The lowest BCUT2D eigenvalue weighted by Crippen LogP contribution is -2.51. The molecule has 146 valence electrons. The Balaban J connectivity index is 1.79. The maximum atomic E-state index is 12.9. The fourth-order valence-electron chi connectivity index (χ4n) is 3.88. The van der Waals surface area contributed by atoms with E-state index in [0.29, 0.717) is 11.1 Å². The van der Waals surface area contributed by atoms with Gasteiger partial charge >= 0.3 is 5.97 Å². The monoisotopic (exact) mass is 373 g/mol. The van der Waals surface area contributed by atoms with Crippen LogP contribution in [0.25, 0.3) is 11.0 Å². The Morgan fingerprint density at radius 1 is 1.22 bits per heavy atom. The van der Waals surface area contributed by atoms with E-state index in [1.807, 2.05) is 36.9 Å². The van der Waals surface area contributed by atoms with Gasteiger partial charge in [-0.2, -0.15) is 0 Å². The molecule has 3 atom stereocenters. The van der Waals surface area contributed by atoms with Gasteiger partial charge in [0.25, 0.3) is 5.91 Å². The highest BCUT2D eigenvalue weighted by Crippen LogP contribution is 2.28. The molecule has 27 heavy (non-hydrogen) atoms. The minimum atomic E-state index is -0.871. The average molecular weight is 373 g/mol. The van der Waals surface area contributed by atoms with Gasteiger partial charge in [0.15, 0.2) is 6.10 Å². The fraction of sp³-hybridized carbons (Fsp3) is 0.524. The van der Waals surface area contributed by atoms with E-state index in [0.717, 1.165) is 24.6 Å². The Morgan fingerprint density at radius 3 is 2.56 bits per heavy atom. The number of esters is 1. The summed E-state index contributed by atoms with van der Waals surface area (Å²) in [5.41, 5.74) is 1.23. The quantitative estimate of drug-likeness (QED) is 0.743. The van der Waals surface area contributed by atoms with Gasteiger partial charge in [-0.05, 0) is 46.1 Å². The van der Waals surface area contributed by atoms with Crippen molar-refractivity contribution in [2.75, 3.05) is 7.11 Å². The van der Waals surface area contributed by atoms with Crippen molar-refractivity contribution < 1.29 is 23.5 Å². The smallest absolute Gasteiger partial charge is 0.375 e. The summed E-state index contributed by atoms with van der Waals surface area (Å²) < 4.78 is 16.4. The summed E-state index contributed by atoms with van der Waals surface area (Å²) >= 11 is 0. The van der Waals surface area contributed by atoms with Gasteiger partial charge in [0.05, 0.1) is 6.61 Å². The zero-order valence-electron chi connectivity index (χ0n) is 16.4. The average Bonchev–Trinajstić information content (AvgIpc) is 3.00. The third-order valence-corrected chi connectivity index (χ3v) is 5.25. The van der Waals surface area contributed by atoms with Crippen LogP contribution in [0, 0.1) is 0 Å².